The zero-order chi connectivity index (χ0) is 10.1. The summed E-state index contributed by atoms with van der Waals surface area (Å²) < 4.78 is 37.5. The minimum atomic E-state index is -4.06. The number of alkyl halides is 3. The third-order valence-corrected chi connectivity index (χ3v) is 3.63. The normalized spacial score (nSPS) is 30.6. The van der Waals surface area contributed by atoms with Crippen molar-refractivity contribution in [2.24, 2.45) is 5.92 Å². The fourth-order valence-corrected chi connectivity index (χ4v) is 2.63. The summed E-state index contributed by atoms with van der Waals surface area (Å²) in [5.74, 6) is -1.18. The van der Waals surface area contributed by atoms with E-state index < -0.39 is 12.1 Å². The topological polar surface area (TPSA) is 0 Å². The summed E-state index contributed by atoms with van der Waals surface area (Å²) in [5.41, 5.74) is 0.743. The predicted octanol–water partition coefficient (Wildman–Crippen LogP) is 3.64. The summed E-state index contributed by atoms with van der Waals surface area (Å²) in [6, 6.07) is 0. The van der Waals surface area contributed by atoms with Gasteiger partial charge in [0.2, 0.25) is 0 Å². The molecule has 0 spiro atoms. The van der Waals surface area contributed by atoms with Crippen LogP contribution in [0.4, 0.5) is 13.2 Å². The Balaban J connectivity index is 2.71. The summed E-state index contributed by atoms with van der Waals surface area (Å²) in [4.78, 5) is 0. The van der Waals surface area contributed by atoms with Gasteiger partial charge in [-0.25, -0.2) is 0 Å². The van der Waals surface area contributed by atoms with Gasteiger partial charge >= 0.3 is 6.18 Å². The Hall–Kier alpha value is -0.120. The molecule has 0 aromatic rings. The lowest BCUT2D eigenvalue weighted by atomic mass is 9.85. The van der Waals surface area contributed by atoms with Gasteiger partial charge in [-0.05, 0) is 25.5 Å². The van der Waals surface area contributed by atoms with Gasteiger partial charge in [-0.1, -0.05) is 12.2 Å². The highest BCUT2D eigenvalue weighted by atomic mass is 32.2. The van der Waals surface area contributed by atoms with Crippen molar-refractivity contribution >= 4 is 11.8 Å². The molecule has 0 aromatic carbocycles. The van der Waals surface area contributed by atoms with E-state index in [1.165, 1.54) is 11.8 Å². The number of allylic oxidation sites excluding steroid dienone is 1. The second-order valence-electron chi connectivity index (χ2n) is 3.42. The quantitative estimate of drug-likeness (QED) is 0.595. The van der Waals surface area contributed by atoms with Crippen LogP contribution in [0.3, 0.4) is 0 Å². The molecule has 0 bridgehead atoms. The molecule has 1 aliphatic rings. The first-order chi connectivity index (χ1) is 5.95. The van der Waals surface area contributed by atoms with Gasteiger partial charge in [0.1, 0.15) is 0 Å². The van der Waals surface area contributed by atoms with Crippen molar-refractivity contribution in [3.8, 4) is 0 Å². The van der Waals surface area contributed by atoms with E-state index in [0.29, 0.717) is 6.42 Å². The van der Waals surface area contributed by atoms with Crippen molar-refractivity contribution in [3.05, 3.63) is 12.2 Å². The van der Waals surface area contributed by atoms with Gasteiger partial charge < -0.3 is 0 Å². The van der Waals surface area contributed by atoms with Gasteiger partial charge in [-0.15, -0.1) is 0 Å². The second-order valence-corrected chi connectivity index (χ2v) is 4.49. The highest BCUT2D eigenvalue weighted by Gasteiger charge is 2.45. The Kier molecular flexibility index (Phi) is 3.33. The third-order valence-electron chi connectivity index (χ3n) is 2.46. The number of hydrogen-bond acceptors (Lipinski definition) is 1. The standard InChI is InChI=1S/C9H13F3S/c1-6-3-4-8(13-2)7(5-6)9(10,11)12/h7-8H,1,3-5H2,2H3. The summed E-state index contributed by atoms with van der Waals surface area (Å²) in [6.45, 7) is 3.64. The van der Waals surface area contributed by atoms with Gasteiger partial charge in [-0.2, -0.15) is 24.9 Å². The molecular formula is C9H13F3S. The molecule has 13 heavy (non-hydrogen) atoms. The van der Waals surface area contributed by atoms with Crippen molar-refractivity contribution in [1.29, 1.82) is 0 Å². The molecule has 2 atom stereocenters. The van der Waals surface area contributed by atoms with Gasteiger partial charge in [0.15, 0.2) is 0 Å². The van der Waals surface area contributed by atoms with Crippen LogP contribution in [0.1, 0.15) is 19.3 Å². The van der Waals surface area contributed by atoms with Crippen LogP contribution in [0, 0.1) is 5.92 Å². The zero-order valence-electron chi connectivity index (χ0n) is 7.53. The van der Waals surface area contributed by atoms with E-state index in [1.54, 1.807) is 6.26 Å². The van der Waals surface area contributed by atoms with Crippen molar-refractivity contribution in [2.45, 2.75) is 30.7 Å². The minimum absolute atomic E-state index is 0.120. The highest BCUT2D eigenvalue weighted by molar-refractivity contribution is 7.99. The zero-order valence-corrected chi connectivity index (χ0v) is 8.34. The Morgan fingerprint density at radius 3 is 2.54 bits per heavy atom. The molecule has 0 N–H and O–H groups in total. The van der Waals surface area contributed by atoms with Gasteiger partial charge in [-0.3, -0.25) is 0 Å². The van der Waals surface area contributed by atoms with Crippen LogP contribution in [0.15, 0.2) is 12.2 Å². The van der Waals surface area contributed by atoms with Crippen molar-refractivity contribution < 1.29 is 13.2 Å². The third kappa shape index (κ3) is 2.66. The predicted molar refractivity (Wildman–Crippen MR) is 49.8 cm³/mol. The molecule has 1 aliphatic carbocycles. The van der Waals surface area contributed by atoms with E-state index in [4.69, 9.17) is 0 Å². The summed E-state index contributed by atoms with van der Waals surface area (Å²) in [5, 5.41) is -0.273. The lowest BCUT2D eigenvalue weighted by molar-refractivity contribution is -0.176. The van der Waals surface area contributed by atoms with Crippen molar-refractivity contribution in [3.63, 3.8) is 0 Å². The molecule has 2 unspecified atom stereocenters. The van der Waals surface area contributed by atoms with E-state index in [9.17, 15) is 13.2 Å². The molecule has 0 aromatic heterocycles. The Labute approximate surface area is 80.6 Å². The minimum Gasteiger partial charge on any atom is -0.171 e. The largest absolute Gasteiger partial charge is 0.393 e. The molecule has 0 nitrogen and oxygen atoms in total. The van der Waals surface area contributed by atoms with Crippen LogP contribution in [-0.4, -0.2) is 17.7 Å². The molecular weight excluding hydrogens is 197 g/mol. The van der Waals surface area contributed by atoms with E-state index in [1.807, 2.05) is 0 Å². The van der Waals surface area contributed by atoms with Crippen LogP contribution < -0.4 is 0 Å². The Bertz CT molecular complexity index is 198. The fourth-order valence-electron chi connectivity index (χ4n) is 1.70. The molecule has 1 rings (SSSR count). The van der Waals surface area contributed by atoms with Crippen LogP contribution in [-0.2, 0) is 0 Å². The van der Waals surface area contributed by atoms with Crippen LogP contribution >= 0.6 is 11.8 Å². The van der Waals surface area contributed by atoms with E-state index >= 15 is 0 Å². The maximum absolute atomic E-state index is 12.5. The van der Waals surface area contributed by atoms with Gasteiger partial charge in [0.05, 0.1) is 5.92 Å². The lowest BCUT2D eigenvalue weighted by Crippen LogP contribution is -2.35. The molecule has 0 amide bonds. The number of halogens is 3. The summed E-state index contributed by atoms with van der Waals surface area (Å²) in [7, 11) is 0. The van der Waals surface area contributed by atoms with E-state index in [2.05, 4.69) is 6.58 Å². The number of hydrogen-bond donors (Lipinski definition) is 0. The van der Waals surface area contributed by atoms with E-state index in [-0.39, 0.29) is 11.7 Å². The molecule has 0 heterocycles. The molecule has 0 saturated heterocycles. The molecule has 4 heteroatoms. The first-order valence-electron chi connectivity index (χ1n) is 4.21. The second kappa shape index (κ2) is 3.95. The number of thioether (sulfide) groups is 1. The Morgan fingerprint density at radius 2 is 2.08 bits per heavy atom. The van der Waals surface area contributed by atoms with Crippen molar-refractivity contribution in [2.75, 3.05) is 6.26 Å². The summed E-state index contributed by atoms with van der Waals surface area (Å²) in [6.07, 6.45) is -0.828. The van der Waals surface area contributed by atoms with Gasteiger partial charge in [0, 0.05) is 5.25 Å². The highest BCUT2D eigenvalue weighted by Crippen LogP contribution is 2.43. The number of rotatable bonds is 1. The smallest absolute Gasteiger partial charge is 0.171 e. The lowest BCUT2D eigenvalue weighted by Gasteiger charge is -2.32. The van der Waals surface area contributed by atoms with Crippen LogP contribution in [0.5, 0.6) is 0 Å². The SMILES string of the molecule is C=C1CCC(SC)C(C(F)(F)F)C1. The van der Waals surface area contributed by atoms with Crippen molar-refractivity contribution in [1.82, 2.24) is 0 Å². The van der Waals surface area contributed by atoms with Crippen LogP contribution in [0.2, 0.25) is 0 Å². The molecule has 76 valence electrons. The molecule has 1 fully saturated rings. The fraction of sp³-hybridized carbons (Fsp3) is 0.778. The van der Waals surface area contributed by atoms with Crippen LogP contribution in [0.25, 0.3) is 0 Å². The molecule has 0 aliphatic heterocycles. The van der Waals surface area contributed by atoms with E-state index in [0.717, 1.165) is 12.0 Å². The first kappa shape index (κ1) is 11.0. The average molecular weight is 210 g/mol. The first-order valence-corrected chi connectivity index (χ1v) is 5.50. The maximum Gasteiger partial charge on any atom is 0.393 e. The maximum atomic E-state index is 12.5. The Morgan fingerprint density at radius 1 is 1.46 bits per heavy atom. The average Bonchev–Trinajstić information content (AvgIpc) is 2.03. The molecule has 1 saturated carbocycles. The van der Waals surface area contributed by atoms with Gasteiger partial charge in [0.25, 0.3) is 0 Å². The monoisotopic (exact) mass is 210 g/mol. The molecule has 0 radical (unpaired) electrons. The summed E-state index contributed by atoms with van der Waals surface area (Å²) >= 11 is 1.32.